The molecule has 0 aliphatic carbocycles. The van der Waals surface area contributed by atoms with Crippen molar-refractivity contribution in [1.29, 1.82) is 5.26 Å². The van der Waals surface area contributed by atoms with Crippen molar-refractivity contribution in [3.05, 3.63) is 22.9 Å². The number of rotatable bonds is 2. The maximum Gasteiger partial charge on any atom is 0.128 e. The second-order valence-electron chi connectivity index (χ2n) is 3.59. The van der Waals surface area contributed by atoms with Crippen LogP contribution in [0.2, 0.25) is 0 Å². The molecule has 0 saturated heterocycles. The zero-order valence-electron chi connectivity index (χ0n) is 9.13. The lowest BCUT2D eigenvalue weighted by Crippen LogP contribution is -2.12. The highest BCUT2D eigenvalue weighted by atomic mass is 15.1. The fraction of sp³-hybridized carbons (Fsp3) is 0.455. The number of nitriles is 1. The molecule has 1 aromatic rings. The van der Waals surface area contributed by atoms with Gasteiger partial charge < -0.3 is 4.90 Å². The molecule has 14 heavy (non-hydrogen) atoms. The predicted molar refractivity (Wildman–Crippen MR) is 57.4 cm³/mol. The molecule has 0 spiro atoms. The molecule has 3 heteroatoms. The Balaban J connectivity index is 3.19. The average Bonchev–Trinajstić information content (AvgIpc) is 2.10. The summed E-state index contributed by atoms with van der Waals surface area (Å²) in [5.41, 5.74) is 3.15. The van der Waals surface area contributed by atoms with Crippen molar-refractivity contribution in [2.45, 2.75) is 20.3 Å². The molecular formula is C11H15N3. The van der Waals surface area contributed by atoms with Gasteiger partial charge in [0.25, 0.3) is 0 Å². The van der Waals surface area contributed by atoms with Crippen LogP contribution in [-0.2, 0) is 6.42 Å². The van der Waals surface area contributed by atoms with Gasteiger partial charge in [-0.25, -0.2) is 4.98 Å². The number of nitrogens with zero attached hydrogens (tertiary/aromatic N) is 3. The van der Waals surface area contributed by atoms with E-state index >= 15 is 0 Å². The number of aromatic nitrogens is 1. The van der Waals surface area contributed by atoms with Crippen LogP contribution < -0.4 is 4.90 Å². The molecule has 1 heterocycles. The smallest absolute Gasteiger partial charge is 0.128 e. The highest BCUT2D eigenvalue weighted by Gasteiger charge is 2.06. The standard InChI is InChI=1S/C11H15N3/c1-8-7-11(14(3)4)13-9(2)10(8)5-6-12/h7H,5H2,1-4H3. The Morgan fingerprint density at radius 3 is 2.50 bits per heavy atom. The molecule has 3 nitrogen and oxygen atoms in total. The lowest BCUT2D eigenvalue weighted by molar-refractivity contribution is 1.01. The van der Waals surface area contributed by atoms with Crippen molar-refractivity contribution in [3.63, 3.8) is 0 Å². The molecule has 0 atom stereocenters. The molecular weight excluding hydrogens is 174 g/mol. The first-order valence-corrected chi connectivity index (χ1v) is 4.57. The van der Waals surface area contributed by atoms with Crippen molar-refractivity contribution in [1.82, 2.24) is 4.98 Å². The predicted octanol–water partition coefficient (Wildman–Crippen LogP) is 1.83. The largest absolute Gasteiger partial charge is 0.363 e. The number of hydrogen-bond donors (Lipinski definition) is 0. The summed E-state index contributed by atoms with van der Waals surface area (Å²) in [4.78, 5) is 6.40. The molecule has 0 amide bonds. The first-order chi connectivity index (χ1) is 6.56. The van der Waals surface area contributed by atoms with Gasteiger partial charge in [-0.05, 0) is 31.0 Å². The van der Waals surface area contributed by atoms with Gasteiger partial charge in [-0.2, -0.15) is 5.26 Å². The molecule has 0 N–H and O–H groups in total. The van der Waals surface area contributed by atoms with Crippen LogP contribution in [0.3, 0.4) is 0 Å². The van der Waals surface area contributed by atoms with Gasteiger partial charge in [0, 0.05) is 19.8 Å². The number of hydrogen-bond acceptors (Lipinski definition) is 3. The Morgan fingerprint density at radius 1 is 1.43 bits per heavy atom. The summed E-state index contributed by atoms with van der Waals surface area (Å²) in [6.07, 6.45) is 0.443. The fourth-order valence-corrected chi connectivity index (χ4v) is 1.41. The molecule has 1 aromatic heterocycles. The van der Waals surface area contributed by atoms with Crippen molar-refractivity contribution in [3.8, 4) is 6.07 Å². The SMILES string of the molecule is Cc1cc(N(C)C)nc(C)c1CC#N. The monoisotopic (exact) mass is 189 g/mol. The van der Waals surface area contributed by atoms with Crippen molar-refractivity contribution < 1.29 is 0 Å². The van der Waals surface area contributed by atoms with Crippen molar-refractivity contribution >= 4 is 5.82 Å². The number of pyridine rings is 1. The minimum Gasteiger partial charge on any atom is -0.363 e. The fourth-order valence-electron chi connectivity index (χ4n) is 1.41. The first kappa shape index (κ1) is 10.5. The quantitative estimate of drug-likeness (QED) is 0.712. The molecule has 1 rings (SSSR count). The van der Waals surface area contributed by atoms with Gasteiger partial charge in [0.2, 0.25) is 0 Å². The maximum atomic E-state index is 8.66. The maximum absolute atomic E-state index is 8.66. The average molecular weight is 189 g/mol. The highest BCUT2D eigenvalue weighted by molar-refractivity contribution is 5.45. The van der Waals surface area contributed by atoms with Crippen molar-refractivity contribution in [2.24, 2.45) is 0 Å². The van der Waals surface area contributed by atoms with E-state index in [2.05, 4.69) is 11.1 Å². The summed E-state index contributed by atoms with van der Waals surface area (Å²) in [6.45, 7) is 3.97. The van der Waals surface area contributed by atoms with Gasteiger partial charge in [-0.1, -0.05) is 0 Å². The van der Waals surface area contributed by atoms with Gasteiger partial charge in [0.05, 0.1) is 12.5 Å². The third-order valence-electron chi connectivity index (χ3n) is 2.25. The Hall–Kier alpha value is -1.56. The third kappa shape index (κ3) is 2.02. The molecule has 0 aliphatic heterocycles. The minimum atomic E-state index is 0.443. The Bertz CT molecular complexity index is 352. The summed E-state index contributed by atoms with van der Waals surface area (Å²) in [5, 5.41) is 8.66. The van der Waals surface area contributed by atoms with Crippen LogP contribution in [0.5, 0.6) is 0 Å². The van der Waals surface area contributed by atoms with Crippen LogP contribution in [-0.4, -0.2) is 19.1 Å². The first-order valence-electron chi connectivity index (χ1n) is 4.57. The molecule has 0 bridgehead atoms. The minimum absolute atomic E-state index is 0.443. The van der Waals surface area contributed by atoms with E-state index < -0.39 is 0 Å². The van der Waals surface area contributed by atoms with E-state index in [0.29, 0.717) is 6.42 Å². The van der Waals surface area contributed by atoms with Crippen LogP contribution in [0.25, 0.3) is 0 Å². The lowest BCUT2D eigenvalue weighted by Gasteiger charge is -2.15. The van der Waals surface area contributed by atoms with E-state index in [-0.39, 0.29) is 0 Å². The zero-order chi connectivity index (χ0) is 10.7. The molecule has 0 saturated carbocycles. The summed E-state index contributed by atoms with van der Waals surface area (Å²) in [7, 11) is 3.93. The van der Waals surface area contributed by atoms with Crippen LogP contribution >= 0.6 is 0 Å². The summed E-state index contributed by atoms with van der Waals surface area (Å²) < 4.78 is 0. The summed E-state index contributed by atoms with van der Waals surface area (Å²) in [5.74, 6) is 0.946. The van der Waals surface area contributed by atoms with Gasteiger partial charge in [-0.15, -0.1) is 0 Å². The Kier molecular flexibility index (Phi) is 3.08. The Morgan fingerprint density at radius 2 is 2.07 bits per heavy atom. The van der Waals surface area contributed by atoms with Crippen LogP contribution in [0.4, 0.5) is 5.82 Å². The van der Waals surface area contributed by atoms with E-state index in [9.17, 15) is 0 Å². The third-order valence-corrected chi connectivity index (χ3v) is 2.25. The normalized spacial score (nSPS) is 9.64. The van der Waals surface area contributed by atoms with Gasteiger partial charge in [0.15, 0.2) is 0 Å². The van der Waals surface area contributed by atoms with Crippen LogP contribution in [0.1, 0.15) is 16.8 Å². The van der Waals surface area contributed by atoms with E-state index in [1.54, 1.807) is 0 Å². The zero-order valence-corrected chi connectivity index (χ0v) is 9.13. The molecule has 74 valence electrons. The Labute approximate surface area is 85.0 Å². The topological polar surface area (TPSA) is 39.9 Å². The van der Waals surface area contributed by atoms with Gasteiger partial charge >= 0.3 is 0 Å². The second-order valence-corrected chi connectivity index (χ2v) is 3.59. The van der Waals surface area contributed by atoms with Crippen molar-refractivity contribution in [2.75, 3.05) is 19.0 Å². The van der Waals surface area contributed by atoms with Crippen LogP contribution in [0, 0.1) is 25.2 Å². The van der Waals surface area contributed by atoms with E-state index in [1.165, 1.54) is 0 Å². The molecule has 0 unspecified atom stereocenters. The lowest BCUT2D eigenvalue weighted by atomic mass is 10.1. The molecule has 0 fully saturated rings. The molecule has 0 aromatic carbocycles. The summed E-state index contributed by atoms with van der Waals surface area (Å²) in [6, 6.07) is 4.17. The molecule has 0 radical (unpaired) electrons. The van der Waals surface area contributed by atoms with Gasteiger partial charge in [0.1, 0.15) is 5.82 Å². The number of aryl methyl sites for hydroxylation is 2. The van der Waals surface area contributed by atoms with Crippen LogP contribution in [0.15, 0.2) is 6.07 Å². The highest BCUT2D eigenvalue weighted by Crippen LogP contribution is 2.18. The molecule has 0 aliphatic rings. The number of anilines is 1. The van der Waals surface area contributed by atoms with E-state index in [4.69, 9.17) is 5.26 Å². The van der Waals surface area contributed by atoms with E-state index in [0.717, 1.165) is 22.6 Å². The van der Waals surface area contributed by atoms with E-state index in [1.807, 2.05) is 38.9 Å². The van der Waals surface area contributed by atoms with Gasteiger partial charge in [-0.3, -0.25) is 0 Å². The summed E-state index contributed by atoms with van der Waals surface area (Å²) >= 11 is 0. The second kappa shape index (κ2) is 4.10.